The summed E-state index contributed by atoms with van der Waals surface area (Å²) >= 11 is 5.99. The zero-order chi connectivity index (χ0) is 22.8. The third kappa shape index (κ3) is 4.71. The monoisotopic (exact) mass is 455 g/mol. The molecule has 2 N–H and O–H groups in total. The normalized spacial score (nSPS) is 18.4. The Bertz CT molecular complexity index is 1130. The molecule has 5 nitrogen and oxygen atoms in total. The number of aromatic nitrogens is 1. The maximum atomic E-state index is 14.1. The van der Waals surface area contributed by atoms with Gasteiger partial charge in [-0.15, -0.1) is 0 Å². The third-order valence-electron chi connectivity index (χ3n) is 6.11. The van der Waals surface area contributed by atoms with Crippen LogP contribution in [0.3, 0.4) is 0 Å². The van der Waals surface area contributed by atoms with Crippen LogP contribution in [0.25, 0.3) is 22.0 Å². The molecule has 1 aliphatic carbocycles. The number of halogens is 2. The molecule has 0 aliphatic heterocycles. The maximum absolute atomic E-state index is 14.1. The maximum Gasteiger partial charge on any atom is 0.170 e. The van der Waals surface area contributed by atoms with Crippen molar-refractivity contribution in [2.24, 2.45) is 5.92 Å². The smallest absolute Gasteiger partial charge is 0.170 e. The van der Waals surface area contributed by atoms with E-state index in [-0.39, 0.29) is 11.4 Å². The molecule has 0 amide bonds. The second kappa shape index (κ2) is 9.43. The molecule has 1 aromatic heterocycles. The fourth-order valence-electron chi connectivity index (χ4n) is 4.65. The van der Waals surface area contributed by atoms with Gasteiger partial charge in [0.2, 0.25) is 0 Å². The summed E-state index contributed by atoms with van der Waals surface area (Å²) in [6, 6.07) is 8.79. The molecule has 0 radical (unpaired) electrons. The van der Waals surface area contributed by atoms with Crippen LogP contribution in [0.1, 0.15) is 24.8 Å². The number of aldehydes is 1. The predicted molar refractivity (Wildman–Crippen MR) is 127 cm³/mol. The average Bonchev–Trinajstić information content (AvgIpc) is 3.19. The minimum absolute atomic E-state index is 0.0378. The number of phenolic OH excluding ortho intramolecular Hbond substituents is 1. The summed E-state index contributed by atoms with van der Waals surface area (Å²) in [6.45, 7) is 1.06. The van der Waals surface area contributed by atoms with E-state index in [1.54, 1.807) is 12.3 Å². The number of carbonyl (C=O) groups excluding carboxylic acids is 1. The van der Waals surface area contributed by atoms with E-state index in [9.17, 15) is 14.3 Å². The lowest BCUT2D eigenvalue weighted by molar-refractivity contribution is -0.107. The summed E-state index contributed by atoms with van der Waals surface area (Å²) < 4.78 is 14.1. The number of benzene rings is 2. The number of pyridine rings is 1. The van der Waals surface area contributed by atoms with Gasteiger partial charge in [-0.1, -0.05) is 17.7 Å². The number of phenols is 1. The number of fused-ring (bicyclic) bond motifs is 1. The van der Waals surface area contributed by atoms with Crippen LogP contribution in [0.4, 0.5) is 10.1 Å². The second-order valence-electron chi connectivity index (χ2n) is 8.83. The van der Waals surface area contributed by atoms with E-state index in [0.29, 0.717) is 17.5 Å². The molecule has 168 valence electrons. The minimum Gasteiger partial charge on any atom is -0.504 e. The largest absolute Gasteiger partial charge is 0.504 e. The van der Waals surface area contributed by atoms with Crippen LogP contribution in [-0.2, 0) is 11.2 Å². The lowest BCUT2D eigenvalue weighted by Crippen LogP contribution is -2.22. The number of hydrogen-bond acceptors (Lipinski definition) is 5. The number of aromatic hydroxyl groups is 1. The van der Waals surface area contributed by atoms with Crippen LogP contribution < -0.4 is 5.32 Å². The summed E-state index contributed by atoms with van der Waals surface area (Å²) in [5.41, 5.74) is 3.86. The van der Waals surface area contributed by atoms with Gasteiger partial charge in [-0.3, -0.25) is 4.98 Å². The van der Waals surface area contributed by atoms with Crippen molar-refractivity contribution in [2.75, 3.05) is 26.0 Å². The molecular formula is C25H27ClFN3O2. The molecule has 3 aromatic rings. The van der Waals surface area contributed by atoms with Gasteiger partial charge in [-0.05, 0) is 74.7 Å². The summed E-state index contributed by atoms with van der Waals surface area (Å²) in [5.74, 6) is -0.679. The first-order chi connectivity index (χ1) is 15.4. The Morgan fingerprint density at radius 1 is 1.25 bits per heavy atom. The first-order valence-electron chi connectivity index (χ1n) is 10.8. The molecule has 2 atom stereocenters. The van der Waals surface area contributed by atoms with Gasteiger partial charge in [0.1, 0.15) is 6.29 Å². The first-order valence-corrected chi connectivity index (χ1v) is 11.2. The van der Waals surface area contributed by atoms with E-state index in [1.165, 1.54) is 12.5 Å². The average molecular weight is 456 g/mol. The molecule has 0 spiro atoms. The SMILES string of the molecule is CN(C)C[C@@H]1CC[C@@H](Nc2c(CC=O)cnc3ccc(-c4cc(F)c(O)c(Cl)c4)cc23)C1. The lowest BCUT2D eigenvalue weighted by atomic mass is 9.99. The highest BCUT2D eigenvalue weighted by molar-refractivity contribution is 6.32. The van der Waals surface area contributed by atoms with E-state index in [0.717, 1.165) is 53.4 Å². The van der Waals surface area contributed by atoms with Crippen LogP contribution in [0.5, 0.6) is 5.75 Å². The highest BCUT2D eigenvalue weighted by Crippen LogP contribution is 2.37. The summed E-state index contributed by atoms with van der Waals surface area (Å²) in [7, 11) is 4.19. The van der Waals surface area contributed by atoms with Crippen molar-refractivity contribution in [2.45, 2.75) is 31.7 Å². The van der Waals surface area contributed by atoms with Gasteiger partial charge < -0.3 is 20.1 Å². The highest BCUT2D eigenvalue weighted by Gasteiger charge is 2.26. The molecule has 0 saturated heterocycles. The first kappa shape index (κ1) is 22.5. The summed E-state index contributed by atoms with van der Waals surface area (Å²) in [4.78, 5) is 18.1. The molecule has 0 bridgehead atoms. The topological polar surface area (TPSA) is 65.5 Å². The van der Waals surface area contributed by atoms with E-state index >= 15 is 0 Å². The van der Waals surface area contributed by atoms with Crippen LogP contribution >= 0.6 is 11.6 Å². The second-order valence-corrected chi connectivity index (χ2v) is 9.24. The fourth-order valence-corrected chi connectivity index (χ4v) is 4.86. The molecule has 1 aliphatic rings. The van der Waals surface area contributed by atoms with Crippen LogP contribution in [0, 0.1) is 11.7 Å². The molecular weight excluding hydrogens is 429 g/mol. The Morgan fingerprint density at radius 3 is 2.78 bits per heavy atom. The number of anilines is 1. The van der Waals surface area contributed by atoms with Crippen LogP contribution in [0.15, 0.2) is 36.5 Å². The van der Waals surface area contributed by atoms with Crippen molar-refractivity contribution in [3.63, 3.8) is 0 Å². The van der Waals surface area contributed by atoms with E-state index in [4.69, 9.17) is 11.6 Å². The third-order valence-corrected chi connectivity index (χ3v) is 6.40. The van der Waals surface area contributed by atoms with Gasteiger partial charge in [0.25, 0.3) is 0 Å². The van der Waals surface area contributed by atoms with Crippen molar-refractivity contribution in [3.8, 4) is 16.9 Å². The van der Waals surface area contributed by atoms with Crippen molar-refractivity contribution < 1.29 is 14.3 Å². The van der Waals surface area contributed by atoms with Crippen molar-refractivity contribution in [1.29, 1.82) is 0 Å². The standard InChI is InChI=1S/C25H27ClFN3O2/c1-30(2)14-15-3-5-19(9-15)29-24-17(7-8-31)13-28-23-6-4-16(10-20(23)24)18-11-21(26)25(32)22(27)12-18/h4,6,8,10-13,15,19,32H,3,5,7,9,14H2,1-2H3,(H,28,29)/t15-,19-/m1/s1. The zero-order valence-electron chi connectivity index (χ0n) is 18.2. The minimum atomic E-state index is -0.767. The molecule has 1 heterocycles. The lowest BCUT2D eigenvalue weighted by Gasteiger charge is -2.20. The Hall–Kier alpha value is -2.70. The fraction of sp³-hybridized carbons (Fsp3) is 0.360. The van der Waals surface area contributed by atoms with Crippen LogP contribution in [-0.4, -0.2) is 48.0 Å². The molecule has 1 saturated carbocycles. The number of hydrogen-bond donors (Lipinski definition) is 2. The van der Waals surface area contributed by atoms with Gasteiger partial charge in [0.15, 0.2) is 11.6 Å². The number of rotatable bonds is 7. The molecule has 1 fully saturated rings. The summed E-state index contributed by atoms with van der Waals surface area (Å²) in [6.07, 6.45) is 6.21. The van der Waals surface area contributed by atoms with E-state index < -0.39 is 11.6 Å². The number of nitrogens with zero attached hydrogens (tertiary/aromatic N) is 2. The van der Waals surface area contributed by atoms with Gasteiger partial charge >= 0.3 is 0 Å². The van der Waals surface area contributed by atoms with Crippen molar-refractivity contribution in [3.05, 3.63) is 52.9 Å². The summed E-state index contributed by atoms with van der Waals surface area (Å²) in [5, 5.41) is 14.2. The Balaban J connectivity index is 1.74. The highest BCUT2D eigenvalue weighted by atomic mass is 35.5. The Morgan fingerprint density at radius 2 is 2.06 bits per heavy atom. The van der Waals surface area contributed by atoms with E-state index in [1.807, 2.05) is 18.2 Å². The molecule has 32 heavy (non-hydrogen) atoms. The van der Waals surface area contributed by atoms with Gasteiger partial charge in [-0.2, -0.15) is 0 Å². The molecule has 7 heteroatoms. The quantitative estimate of drug-likeness (QED) is 0.474. The van der Waals surface area contributed by atoms with Gasteiger partial charge in [0.05, 0.1) is 10.5 Å². The van der Waals surface area contributed by atoms with Gasteiger partial charge in [-0.25, -0.2) is 4.39 Å². The molecule has 2 aromatic carbocycles. The van der Waals surface area contributed by atoms with Crippen molar-refractivity contribution in [1.82, 2.24) is 9.88 Å². The zero-order valence-corrected chi connectivity index (χ0v) is 19.0. The number of carbonyl (C=O) groups is 1. The van der Waals surface area contributed by atoms with Crippen molar-refractivity contribution >= 4 is 34.5 Å². The molecule has 4 rings (SSSR count). The Kier molecular flexibility index (Phi) is 6.63. The predicted octanol–water partition coefficient (Wildman–Crippen LogP) is 5.28. The van der Waals surface area contributed by atoms with E-state index in [2.05, 4.69) is 29.3 Å². The Labute approximate surface area is 192 Å². The molecule has 0 unspecified atom stereocenters. The van der Waals surface area contributed by atoms with Gasteiger partial charge in [0, 0.05) is 41.8 Å². The van der Waals surface area contributed by atoms with Crippen LogP contribution in [0.2, 0.25) is 5.02 Å². The number of nitrogens with one attached hydrogen (secondary N) is 1.